The van der Waals surface area contributed by atoms with Crippen LogP contribution in [0.1, 0.15) is 5.69 Å². The van der Waals surface area contributed by atoms with E-state index in [0.29, 0.717) is 13.2 Å². The zero-order valence-corrected chi connectivity index (χ0v) is 12.2. The van der Waals surface area contributed by atoms with Gasteiger partial charge < -0.3 is 9.47 Å². The van der Waals surface area contributed by atoms with Gasteiger partial charge in [-0.05, 0) is 36.8 Å². The summed E-state index contributed by atoms with van der Waals surface area (Å²) >= 11 is 0. The number of aromatic amines is 1. The molecule has 5 heteroatoms. The van der Waals surface area contributed by atoms with Crippen LogP contribution >= 0.6 is 0 Å². The van der Waals surface area contributed by atoms with Crippen LogP contribution < -0.4 is 9.47 Å². The molecular formula is C17H15N3O2. The number of pyridine rings is 1. The van der Waals surface area contributed by atoms with E-state index in [2.05, 4.69) is 15.2 Å². The number of hydrogen-bond donors (Lipinski definition) is 1. The third-order valence-electron chi connectivity index (χ3n) is 3.62. The van der Waals surface area contributed by atoms with Crippen molar-refractivity contribution in [2.45, 2.75) is 6.92 Å². The zero-order valence-electron chi connectivity index (χ0n) is 12.2. The lowest BCUT2D eigenvalue weighted by molar-refractivity contribution is 0.171. The van der Waals surface area contributed by atoms with Crippen LogP contribution in [0.25, 0.3) is 22.5 Å². The molecule has 3 aromatic rings. The van der Waals surface area contributed by atoms with Crippen LogP contribution in [0.3, 0.4) is 0 Å². The van der Waals surface area contributed by atoms with E-state index in [1.807, 2.05) is 49.5 Å². The van der Waals surface area contributed by atoms with Gasteiger partial charge in [0.2, 0.25) is 0 Å². The molecule has 0 amide bonds. The number of aryl methyl sites for hydroxylation is 1. The quantitative estimate of drug-likeness (QED) is 0.788. The van der Waals surface area contributed by atoms with Crippen LogP contribution in [-0.2, 0) is 0 Å². The van der Waals surface area contributed by atoms with E-state index in [1.54, 1.807) is 0 Å². The summed E-state index contributed by atoms with van der Waals surface area (Å²) in [5.41, 5.74) is 4.67. The number of nitrogens with one attached hydrogen (secondary N) is 1. The molecule has 1 aromatic carbocycles. The molecule has 1 aliphatic rings. The summed E-state index contributed by atoms with van der Waals surface area (Å²) in [5.74, 6) is 1.56. The van der Waals surface area contributed by atoms with Gasteiger partial charge in [-0.1, -0.05) is 12.1 Å². The molecular weight excluding hydrogens is 278 g/mol. The van der Waals surface area contributed by atoms with Gasteiger partial charge in [0.25, 0.3) is 0 Å². The van der Waals surface area contributed by atoms with Crippen molar-refractivity contribution in [3.63, 3.8) is 0 Å². The van der Waals surface area contributed by atoms with E-state index in [0.717, 1.165) is 39.7 Å². The minimum Gasteiger partial charge on any atom is -0.486 e. The fourth-order valence-corrected chi connectivity index (χ4v) is 2.59. The summed E-state index contributed by atoms with van der Waals surface area (Å²) in [7, 11) is 0. The van der Waals surface area contributed by atoms with E-state index in [9.17, 15) is 0 Å². The van der Waals surface area contributed by atoms with Crippen molar-refractivity contribution in [2.24, 2.45) is 0 Å². The first kappa shape index (κ1) is 12.9. The molecule has 0 bridgehead atoms. The monoisotopic (exact) mass is 293 g/mol. The molecule has 0 fully saturated rings. The Hall–Kier alpha value is -2.82. The van der Waals surface area contributed by atoms with Crippen LogP contribution in [0.15, 0.2) is 42.6 Å². The van der Waals surface area contributed by atoms with Gasteiger partial charge in [0.1, 0.15) is 18.9 Å². The van der Waals surface area contributed by atoms with Gasteiger partial charge in [0.05, 0.1) is 5.69 Å². The SMILES string of the molecule is Cc1cccc(-c2n[nH]cc2-c2ccc3c(c2)OCCO3)n1. The van der Waals surface area contributed by atoms with Gasteiger partial charge in [-0.25, -0.2) is 0 Å². The first-order valence-electron chi connectivity index (χ1n) is 7.19. The number of nitrogens with zero attached hydrogens (tertiary/aromatic N) is 2. The highest BCUT2D eigenvalue weighted by atomic mass is 16.6. The molecule has 5 nitrogen and oxygen atoms in total. The number of hydrogen-bond acceptors (Lipinski definition) is 4. The summed E-state index contributed by atoms with van der Waals surface area (Å²) < 4.78 is 11.2. The van der Waals surface area contributed by atoms with Crippen molar-refractivity contribution >= 4 is 0 Å². The lowest BCUT2D eigenvalue weighted by atomic mass is 10.0. The van der Waals surface area contributed by atoms with Crippen molar-refractivity contribution < 1.29 is 9.47 Å². The van der Waals surface area contributed by atoms with Gasteiger partial charge in [0, 0.05) is 17.5 Å². The number of fused-ring (bicyclic) bond motifs is 1. The topological polar surface area (TPSA) is 60.0 Å². The van der Waals surface area contributed by atoms with E-state index < -0.39 is 0 Å². The first-order valence-corrected chi connectivity index (χ1v) is 7.19. The van der Waals surface area contributed by atoms with Crippen molar-refractivity contribution in [3.05, 3.63) is 48.3 Å². The molecule has 110 valence electrons. The molecule has 0 unspecified atom stereocenters. The molecule has 0 radical (unpaired) electrons. The summed E-state index contributed by atoms with van der Waals surface area (Å²) in [6.07, 6.45) is 1.88. The lowest BCUT2D eigenvalue weighted by Gasteiger charge is -2.18. The third kappa shape index (κ3) is 2.20. The standard InChI is InChI=1S/C17H15N3O2/c1-11-3-2-4-14(19-11)17-13(10-18-20-17)12-5-6-15-16(9-12)22-8-7-21-15/h2-6,9-10H,7-8H2,1H3,(H,18,20). The Morgan fingerprint density at radius 2 is 1.91 bits per heavy atom. The Morgan fingerprint density at radius 3 is 2.77 bits per heavy atom. The maximum Gasteiger partial charge on any atom is 0.161 e. The molecule has 22 heavy (non-hydrogen) atoms. The second kappa shape index (κ2) is 5.18. The molecule has 0 spiro atoms. The second-order valence-corrected chi connectivity index (χ2v) is 5.17. The Bertz CT molecular complexity index is 826. The molecule has 4 rings (SSSR count). The molecule has 0 saturated heterocycles. The molecule has 3 heterocycles. The maximum atomic E-state index is 5.66. The van der Waals surface area contributed by atoms with Gasteiger partial charge in [-0.2, -0.15) is 5.10 Å². The normalized spacial score (nSPS) is 13.1. The number of aromatic nitrogens is 3. The Balaban J connectivity index is 1.80. The van der Waals surface area contributed by atoms with Crippen LogP contribution in [0.2, 0.25) is 0 Å². The second-order valence-electron chi connectivity index (χ2n) is 5.17. The highest BCUT2D eigenvalue weighted by molar-refractivity contribution is 5.80. The van der Waals surface area contributed by atoms with Crippen molar-refractivity contribution in [3.8, 4) is 34.0 Å². The Labute approximate surface area is 127 Å². The highest BCUT2D eigenvalue weighted by Crippen LogP contribution is 2.37. The molecule has 0 atom stereocenters. The Morgan fingerprint density at radius 1 is 1.05 bits per heavy atom. The molecule has 0 saturated carbocycles. The van der Waals surface area contributed by atoms with Gasteiger partial charge >= 0.3 is 0 Å². The van der Waals surface area contributed by atoms with Crippen LogP contribution in [0.4, 0.5) is 0 Å². The van der Waals surface area contributed by atoms with Crippen molar-refractivity contribution in [1.29, 1.82) is 0 Å². The summed E-state index contributed by atoms with van der Waals surface area (Å²) in [6, 6.07) is 11.9. The third-order valence-corrected chi connectivity index (χ3v) is 3.62. The van der Waals surface area contributed by atoms with E-state index in [4.69, 9.17) is 9.47 Å². The van der Waals surface area contributed by atoms with Gasteiger partial charge in [0.15, 0.2) is 11.5 Å². The maximum absolute atomic E-state index is 5.66. The molecule has 1 N–H and O–H groups in total. The molecule has 1 aliphatic heterocycles. The lowest BCUT2D eigenvalue weighted by Crippen LogP contribution is -2.15. The van der Waals surface area contributed by atoms with Crippen molar-refractivity contribution in [2.75, 3.05) is 13.2 Å². The Kier molecular flexibility index (Phi) is 3.04. The average Bonchev–Trinajstić information content (AvgIpc) is 3.04. The fraction of sp³-hybridized carbons (Fsp3) is 0.176. The van der Waals surface area contributed by atoms with E-state index >= 15 is 0 Å². The summed E-state index contributed by atoms with van der Waals surface area (Å²) in [6.45, 7) is 3.14. The van der Waals surface area contributed by atoms with Crippen LogP contribution in [0, 0.1) is 6.92 Å². The minimum atomic E-state index is 0.578. The van der Waals surface area contributed by atoms with Crippen LogP contribution in [-0.4, -0.2) is 28.4 Å². The smallest absolute Gasteiger partial charge is 0.161 e. The van der Waals surface area contributed by atoms with Crippen LogP contribution in [0.5, 0.6) is 11.5 Å². The number of benzene rings is 1. The predicted octanol–water partition coefficient (Wildman–Crippen LogP) is 3.22. The molecule has 2 aromatic heterocycles. The van der Waals surface area contributed by atoms with Gasteiger partial charge in [-0.15, -0.1) is 0 Å². The first-order chi connectivity index (χ1) is 10.8. The average molecular weight is 293 g/mol. The highest BCUT2D eigenvalue weighted by Gasteiger charge is 2.16. The van der Waals surface area contributed by atoms with E-state index in [-0.39, 0.29) is 0 Å². The summed E-state index contributed by atoms with van der Waals surface area (Å²) in [4.78, 5) is 4.55. The molecule has 0 aliphatic carbocycles. The largest absolute Gasteiger partial charge is 0.486 e. The number of ether oxygens (including phenoxy) is 2. The summed E-state index contributed by atoms with van der Waals surface area (Å²) in [5, 5.41) is 7.29. The van der Waals surface area contributed by atoms with E-state index in [1.165, 1.54) is 0 Å². The minimum absolute atomic E-state index is 0.578. The van der Waals surface area contributed by atoms with Crippen molar-refractivity contribution in [1.82, 2.24) is 15.2 Å². The zero-order chi connectivity index (χ0) is 14.9. The predicted molar refractivity (Wildman–Crippen MR) is 83.0 cm³/mol. The number of rotatable bonds is 2. The van der Waals surface area contributed by atoms with Gasteiger partial charge in [-0.3, -0.25) is 10.1 Å². The number of H-pyrrole nitrogens is 1. The fourth-order valence-electron chi connectivity index (χ4n) is 2.59.